The van der Waals surface area contributed by atoms with E-state index >= 15 is 0 Å². The monoisotopic (exact) mass is 387 g/mol. The Hall–Kier alpha value is -2.47. The third-order valence-electron chi connectivity index (χ3n) is 3.87. The molecule has 1 amide bonds. The summed E-state index contributed by atoms with van der Waals surface area (Å²) >= 11 is 1.30. The summed E-state index contributed by atoms with van der Waals surface area (Å²) in [5.41, 5.74) is 0.602. The molecule has 0 aliphatic heterocycles. The molecule has 0 saturated carbocycles. The first-order valence-corrected chi connectivity index (χ1v) is 9.67. The maximum atomic E-state index is 12.2. The van der Waals surface area contributed by atoms with Crippen molar-refractivity contribution in [3.8, 4) is 0 Å². The molecule has 0 unspecified atom stereocenters. The minimum Gasteiger partial charge on any atom is -0.457 e. The SMILES string of the molecule is CC(C)(C)C(=O)NCc1ccc(C(=O)COC(=O)CCc2ccccc2)s1. The second-order valence-electron chi connectivity index (χ2n) is 7.27. The molecule has 1 heterocycles. The minimum atomic E-state index is -0.455. The number of carbonyl (C=O) groups is 3. The lowest BCUT2D eigenvalue weighted by molar-refractivity contribution is -0.142. The minimum absolute atomic E-state index is 0.0453. The van der Waals surface area contributed by atoms with E-state index in [1.54, 1.807) is 12.1 Å². The quantitative estimate of drug-likeness (QED) is 0.553. The number of Topliss-reactive ketones (excluding diaryl/α,β-unsaturated/α-hetero) is 1. The van der Waals surface area contributed by atoms with E-state index < -0.39 is 5.41 Å². The second-order valence-corrected chi connectivity index (χ2v) is 8.44. The molecule has 6 heteroatoms. The summed E-state index contributed by atoms with van der Waals surface area (Å²) in [6, 6.07) is 13.2. The number of hydrogen-bond donors (Lipinski definition) is 1. The van der Waals surface area contributed by atoms with Crippen LogP contribution in [0.4, 0.5) is 0 Å². The maximum absolute atomic E-state index is 12.2. The number of amides is 1. The Morgan fingerprint density at radius 2 is 1.74 bits per heavy atom. The van der Waals surface area contributed by atoms with Gasteiger partial charge in [0.25, 0.3) is 0 Å². The molecule has 0 aliphatic rings. The van der Waals surface area contributed by atoms with Crippen LogP contribution in [-0.2, 0) is 27.3 Å². The van der Waals surface area contributed by atoms with Crippen molar-refractivity contribution in [2.45, 2.75) is 40.2 Å². The Kier molecular flexibility index (Phi) is 7.30. The molecule has 1 aromatic heterocycles. The maximum Gasteiger partial charge on any atom is 0.306 e. The predicted molar refractivity (Wildman–Crippen MR) is 106 cm³/mol. The molecule has 0 radical (unpaired) electrons. The first kappa shape index (κ1) is 20.8. The average molecular weight is 388 g/mol. The van der Waals surface area contributed by atoms with Crippen LogP contribution in [-0.4, -0.2) is 24.3 Å². The van der Waals surface area contributed by atoms with Gasteiger partial charge in [-0.2, -0.15) is 0 Å². The molecule has 1 N–H and O–H groups in total. The summed E-state index contributed by atoms with van der Waals surface area (Å²) in [6.07, 6.45) is 0.830. The van der Waals surface area contributed by atoms with Gasteiger partial charge in [-0.05, 0) is 24.1 Å². The van der Waals surface area contributed by atoms with Crippen LogP contribution in [0, 0.1) is 5.41 Å². The van der Waals surface area contributed by atoms with Crippen molar-refractivity contribution in [2.75, 3.05) is 6.61 Å². The van der Waals surface area contributed by atoms with Gasteiger partial charge in [0.15, 0.2) is 6.61 Å². The highest BCUT2D eigenvalue weighted by Crippen LogP contribution is 2.18. The lowest BCUT2D eigenvalue weighted by Crippen LogP contribution is -2.34. The fourth-order valence-electron chi connectivity index (χ4n) is 2.24. The van der Waals surface area contributed by atoms with E-state index in [-0.39, 0.29) is 30.7 Å². The van der Waals surface area contributed by atoms with Crippen LogP contribution >= 0.6 is 11.3 Å². The molecule has 0 aliphatic carbocycles. The standard InChI is InChI=1S/C21H25NO4S/c1-21(2,3)20(25)22-13-16-10-11-18(27-16)17(23)14-26-19(24)12-9-15-7-5-4-6-8-15/h4-8,10-11H,9,12-14H2,1-3H3,(H,22,25). The van der Waals surface area contributed by atoms with Crippen molar-refractivity contribution < 1.29 is 19.1 Å². The van der Waals surface area contributed by atoms with Gasteiger partial charge in [0, 0.05) is 16.7 Å². The normalized spacial score (nSPS) is 11.1. The zero-order valence-electron chi connectivity index (χ0n) is 15.9. The lowest BCUT2D eigenvalue weighted by Gasteiger charge is -2.17. The Morgan fingerprint density at radius 1 is 1.04 bits per heavy atom. The van der Waals surface area contributed by atoms with E-state index in [9.17, 15) is 14.4 Å². The number of ether oxygens (including phenoxy) is 1. The van der Waals surface area contributed by atoms with Gasteiger partial charge in [-0.1, -0.05) is 51.1 Å². The summed E-state index contributed by atoms with van der Waals surface area (Å²) in [4.78, 5) is 37.3. The molecule has 0 fully saturated rings. The highest BCUT2D eigenvalue weighted by Gasteiger charge is 2.21. The molecule has 0 atom stereocenters. The largest absolute Gasteiger partial charge is 0.457 e. The van der Waals surface area contributed by atoms with Crippen molar-refractivity contribution in [1.29, 1.82) is 0 Å². The average Bonchev–Trinajstić information content (AvgIpc) is 3.11. The van der Waals surface area contributed by atoms with E-state index in [0.717, 1.165) is 10.4 Å². The van der Waals surface area contributed by atoms with E-state index in [1.165, 1.54) is 11.3 Å². The van der Waals surface area contributed by atoms with Crippen molar-refractivity contribution in [3.63, 3.8) is 0 Å². The molecule has 2 aromatic rings. The number of nitrogens with one attached hydrogen (secondary N) is 1. The number of esters is 1. The van der Waals surface area contributed by atoms with Crippen molar-refractivity contribution >= 4 is 29.0 Å². The summed E-state index contributed by atoms with van der Waals surface area (Å²) in [7, 11) is 0. The number of benzene rings is 1. The first-order valence-electron chi connectivity index (χ1n) is 8.85. The zero-order chi connectivity index (χ0) is 19.9. The molecule has 1 aromatic carbocycles. The van der Waals surface area contributed by atoms with Gasteiger partial charge in [-0.15, -0.1) is 11.3 Å². The Morgan fingerprint density at radius 3 is 2.41 bits per heavy atom. The van der Waals surface area contributed by atoms with Gasteiger partial charge in [0.1, 0.15) is 0 Å². The van der Waals surface area contributed by atoms with Crippen molar-refractivity contribution in [3.05, 3.63) is 57.8 Å². The van der Waals surface area contributed by atoms with E-state index in [0.29, 0.717) is 17.8 Å². The second kappa shape index (κ2) is 9.46. The lowest BCUT2D eigenvalue weighted by atomic mass is 9.96. The van der Waals surface area contributed by atoms with Gasteiger partial charge >= 0.3 is 5.97 Å². The molecule has 0 saturated heterocycles. The number of rotatable bonds is 8. The molecule has 144 valence electrons. The van der Waals surface area contributed by atoms with Crippen molar-refractivity contribution in [1.82, 2.24) is 5.32 Å². The van der Waals surface area contributed by atoms with Gasteiger partial charge < -0.3 is 10.1 Å². The molecule has 5 nitrogen and oxygen atoms in total. The smallest absolute Gasteiger partial charge is 0.306 e. The molecule has 27 heavy (non-hydrogen) atoms. The predicted octanol–water partition coefficient (Wildman–Crippen LogP) is 3.77. The summed E-state index contributed by atoms with van der Waals surface area (Å²) in [5, 5.41) is 2.85. The number of ketones is 1. The highest BCUT2D eigenvalue weighted by atomic mass is 32.1. The van der Waals surface area contributed by atoms with Crippen LogP contribution in [0.25, 0.3) is 0 Å². The molecule has 0 bridgehead atoms. The Labute approximate surface area is 163 Å². The number of thiophene rings is 1. The van der Waals surface area contributed by atoms with Crippen molar-refractivity contribution in [2.24, 2.45) is 5.41 Å². The summed E-state index contributed by atoms with van der Waals surface area (Å²) < 4.78 is 5.08. The van der Waals surface area contributed by atoms with Crippen LogP contribution < -0.4 is 5.32 Å². The Bertz CT molecular complexity index is 790. The molecule has 2 rings (SSSR count). The Balaban J connectivity index is 1.75. The number of carbonyl (C=O) groups excluding carboxylic acids is 3. The van der Waals surface area contributed by atoms with E-state index in [4.69, 9.17) is 4.74 Å². The first-order chi connectivity index (χ1) is 12.8. The molecular weight excluding hydrogens is 362 g/mol. The third-order valence-corrected chi connectivity index (χ3v) is 4.99. The topological polar surface area (TPSA) is 72.5 Å². The van der Waals surface area contributed by atoms with Gasteiger partial charge in [0.2, 0.25) is 11.7 Å². The zero-order valence-corrected chi connectivity index (χ0v) is 16.7. The van der Waals surface area contributed by atoms with E-state index in [2.05, 4.69) is 5.32 Å². The molecule has 0 spiro atoms. The van der Waals surface area contributed by atoms with Crippen LogP contribution in [0.3, 0.4) is 0 Å². The highest BCUT2D eigenvalue weighted by molar-refractivity contribution is 7.14. The molecular formula is C21H25NO4S. The third kappa shape index (κ3) is 6.98. The van der Waals surface area contributed by atoms with Crippen LogP contribution in [0.1, 0.15) is 47.3 Å². The van der Waals surface area contributed by atoms with Gasteiger partial charge in [-0.25, -0.2) is 0 Å². The van der Waals surface area contributed by atoms with Crippen LogP contribution in [0.15, 0.2) is 42.5 Å². The van der Waals surface area contributed by atoms with Gasteiger partial charge in [-0.3, -0.25) is 14.4 Å². The summed E-state index contributed by atoms with van der Waals surface area (Å²) in [6.45, 7) is 5.65. The van der Waals surface area contributed by atoms with Crippen LogP contribution in [0.5, 0.6) is 0 Å². The fraction of sp³-hybridized carbons (Fsp3) is 0.381. The number of hydrogen-bond acceptors (Lipinski definition) is 5. The summed E-state index contributed by atoms with van der Waals surface area (Å²) in [5.74, 6) is -0.668. The van der Waals surface area contributed by atoms with E-state index in [1.807, 2.05) is 51.1 Å². The number of aryl methyl sites for hydroxylation is 1. The van der Waals surface area contributed by atoms with Gasteiger partial charge in [0.05, 0.1) is 11.4 Å². The van der Waals surface area contributed by atoms with Crippen LogP contribution in [0.2, 0.25) is 0 Å². The fourth-order valence-corrected chi connectivity index (χ4v) is 3.11.